The molecule has 4 fully saturated rings. The zero-order valence-corrected chi connectivity index (χ0v) is 15.1. The Hall–Kier alpha value is -0.240. The minimum Gasteiger partial charge on any atom is -0.192 e. The summed E-state index contributed by atoms with van der Waals surface area (Å²) in [5.41, 5.74) is 2.08. The van der Waals surface area contributed by atoms with Crippen molar-refractivity contribution in [2.24, 2.45) is 17.8 Å². The molecule has 5 rings (SSSR count). The van der Waals surface area contributed by atoms with Gasteiger partial charge in [0.2, 0.25) is 0 Å². The lowest BCUT2D eigenvalue weighted by molar-refractivity contribution is 0.0390. The van der Waals surface area contributed by atoms with Gasteiger partial charge >= 0.3 is 0 Å². The van der Waals surface area contributed by atoms with Gasteiger partial charge in [-0.1, -0.05) is 33.7 Å². The van der Waals surface area contributed by atoms with Crippen LogP contribution in [0.2, 0.25) is 0 Å². The smallest absolute Gasteiger partial charge is 0.0991 e. The summed E-state index contributed by atoms with van der Waals surface area (Å²) in [5, 5.41) is 8.83. The fourth-order valence-corrected chi connectivity index (χ4v) is 10.4. The van der Waals surface area contributed by atoms with Gasteiger partial charge in [-0.25, -0.2) is 0 Å². The highest BCUT2D eigenvalue weighted by Gasteiger charge is 2.51. The van der Waals surface area contributed by atoms with Gasteiger partial charge in [-0.15, -0.1) is 0 Å². The molecule has 116 valence electrons. The highest BCUT2D eigenvalue weighted by atomic mass is 33.5. The third kappa shape index (κ3) is 3.18. The van der Waals surface area contributed by atoms with Crippen molar-refractivity contribution in [3.8, 4) is 6.07 Å². The molecule has 0 aliphatic heterocycles. The van der Waals surface area contributed by atoms with E-state index >= 15 is 0 Å². The maximum Gasteiger partial charge on any atom is 0.0991 e. The van der Waals surface area contributed by atoms with Crippen LogP contribution in [0.3, 0.4) is 0 Å². The largest absolute Gasteiger partial charge is 0.192 e. The predicted molar refractivity (Wildman–Crippen MR) is 98.5 cm³/mol. The number of nitriles is 1. The molecule has 0 radical (unpaired) electrons. The quantitative estimate of drug-likeness (QED) is 0.477. The van der Waals surface area contributed by atoms with Gasteiger partial charge in [-0.2, -0.15) is 5.26 Å². The molecule has 4 aliphatic carbocycles. The van der Waals surface area contributed by atoms with Gasteiger partial charge in [0.15, 0.2) is 0 Å². The van der Waals surface area contributed by atoms with E-state index < -0.39 is 0 Å². The minimum atomic E-state index is 0.608. The molecule has 4 saturated carbocycles. The second-order valence-electron chi connectivity index (χ2n) is 7.32. The molecule has 0 N–H and O–H groups in total. The average Bonchev–Trinajstić information content (AvgIpc) is 2.51. The first-order chi connectivity index (χ1) is 10.7. The van der Waals surface area contributed by atoms with E-state index in [4.69, 9.17) is 5.26 Å². The van der Waals surface area contributed by atoms with Crippen LogP contribution < -0.4 is 0 Å². The lowest BCUT2D eigenvalue weighted by Crippen LogP contribution is -2.48. The van der Waals surface area contributed by atoms with Gasteiger partial charge in [0, 0.05) is 10.5 Å². The molecule has 0 spiro atoms. The van der Waals surface area contributed by atoms with E-state index in [-0.39, 0.29) is 0 Å². The van der Waals surface area contributed by atoms with Crippen LogP contribution in [0.4, 0.5) is 0 Å². The highest BCUT2D eigenvalue weighted by molar-refractivity contribution is 9.09. The van der Waals surface area contributed by atoms with E-state index in [0.29, 0.717) is 4.75 Å². The maximum absolute atomic E-state index is 8.83. The van der Waals surface area contributed by atoms with E-state index in [1.807, 2.05) is 32.8 Å². The van der Waals surface area contributed by atoms with Gasteiger partial charge < -0.3 is 0 Å². The Balaban J connectivity index is 1.27. The van der Waals surface area contributed by atoms with Crippen molar-refractivity contribution in [3.63, 3.8) is 0 Å². The summed E-state index contributed by atoms with van der Waals surface area (Å²) in [6.07, 6.45) is 9.03. The maximum atomic E-state index is 8.83. The van der Waals surface area contributed by atoms with Crippen molar-refractivity contribution in [1.82, 2.24) is 0 Å². The summed E-state index contributed by atoms with van der Waals surface area (Å²) < 4.78 is 0.608. The molecule has 1 nitrogen and oxygen atoms in total. The molecule has 0 aromatic heterocycles. The van der Waals surface area contributed by atoms with Crippen LogP contribution in [0, 0.1) is 29.1 Å². The molecule has 22 heavy (non-hydrogen) atoms. The predicted octanol–water partition coefficient (Wildman–Crippen LogP) is 6.06. The Morgan fingerprint density at radius 3 is 2.14 bits per heavy atom. The van der Waals surface area contributed by atoms with Crippen LogP contribution in [-0.4, -0.2) is 4.75 Å². The lowest BCUT2D eigenvalue weighted by atomic mass is 9.56. The summed E-state index contributed by atoms with van der Waals surface area (Å²) in [7, 11) is 6.17. The molecule has 4 heteroatoms. The lowest BCUT2D eigenvalue weighted by Gasteiger charge is -2.56. The summed E-state index contributed by atoms with van der Waals surface area (Å²) >= 11 is 0. The number of nitrogens with zero attached hydrogens (tertiary/aromatic N) is 1. The third-order valence-corrected chi connectivity index (χ3v) is 10.4. The Bertz CT molecular complexity index is 540. The van der Waals surface area contributed by atoms with Gasteiger partial charge in [-0.05, 0) is 83.8 Å². The van der Waals surface area contributed by atoms with Crippen LogP contribution in [-0.2, 0) is 5.75 Å². The molecule has 1 aromatic rings. The molecular formula is C18H21NS3. The second-order valence-corrected chi connectivity index (χ2v) is 11.9. The van der Waals surface area contributed by atoms with Crippen molar-refractivity contribution in [1.29, 1.82) is 5.26 Å². The van der Waals surface area contributed by atoms with Gasteiger partial charge in [0.05, 0.1) is 11.6 Å². The minimum absolute atomic E-state index is 0.608. The molecule has 0 heterocycles. The van der Waals surface area contributed by atoms with Crippen molar-refractivity contribution in [3.05, 3.63) is 35.4 Å². The Morgan fingerprint density at radius 2 is 1.59 bits per heavy atom. The molecular weight excluding hydrogens is 326 g/mol. The van der Waals surface area contributed by atoms with Crippen molar-refractivity contribution >= 4 is 31.4 Å². The van der Waals surface area contributed by atoms with E-state index in [2.05, 4.69) is 29.0 Å². The first-order valence-corrected chi connectivity index (χ1v) is 11.9. The molecule has 0 unspecified atom stereocenters. The summed E-state index contributed by atoms with van der Waals surface area (Å²) in [6.45, 7) is 0. The summed E-state index contributed by atoms with van der Waals surface area (Å²) in [6, 6.07) is 10.2. The number of hydrogen-bond acceptors (Lipinski definition) is 4. The summed E-state index contributed by atoms with van der Waals surface area (Å²) in [4.78, 5) is 0. The van der Waals surface area contributed by atoms with Crippen LogP contribution in [0.15, 0.2) is 24.3 Å². The second kappa shape index (κ2) is 6.34. The Morgan fingerprint density at radius 1 is 1.00 bits per heavy atom. The standard InChI is InChI=1S/C18H21NS3/c19-11-13-1-3-14(4-2-13)12-20-22-21-18-8-15-5-16(9-18)7-17(6-15)10-18/h1-4,15-17H,5-10,12H2. The monoisotopic (exact) mass is 347 g/mol. The highest BCUT2D eigenvalue weighted by Crippen LogP contribution is 2.64. The Kier molecular flexibility index (Phi) is 4.41. The fraction of sp³-hybridized carbons (Fsp3) is 0.611. The van der Waals surface area contributed by atoms with Crippen LogP contribution in [0.25, 0.3) is 0 Å². The topological polar surface area (TPSA) is 23.8 Å². The molecule has 1 aromatic carbocycles. The number of rotatable bonds is 5. The van der Waals surface area contributed by atoms with Crippen molar-refractivity contribution in [2.75, 3.05) is 0 Å². The first kappa shape index (κ1) is 15.3. The van der Waals surface area contributed by atoms with Crippen LogP contribution >= 0.6 is 31.4 Å². The van der Waals surface area contributed by atoms with E-state index in [0.717, 1.165) is 29.1 Å². The van der Waals surface area contributed by atoms with Crippen molar-refractivity contribution < 1.29 is 0 Å². The fourth-order valence-electron chi connectivity index (χ4n) is 5.00. The van der Waals surface area contributed by atoms with Gasteiger partial charge in [0.25, 0.3) is 0 Å². The van der Waals surface area contributed by atoms with Gasteiger partial charge in [-0.3, -0.25) is 0 Å². The average molecular weight is 348 g/mol. The molecule has 0 atom stereocenters. The van der Waals surface area contributed by atoms with Crippen LogP contribution in [0.1, 0.15) is 49.7 Å². The Labute approximate surface area is 144 Å². The summed E-state index contributed by atoms with van der Waals surface area (Å²) in [5.74, 6) is 4.17. The number of benzene rings is 1. The third-order valence-electron chi connectivity index (χ3n) is 5.55. The van der Waals surface area contributed by atoms with Gasteiger partial charge in [0.1, 0.15) is 0 Å². The van der Waals surface area contributed by atoms with Crippen molar-refractivity contribution in [2.45, 2.75) is 49.0 Å². The zero-order chi connectivity index (χ0) is 15.0. The molecule has 4 aliphatic rings. The van der Waals surface area contributed by atoms with Crippen LogP contribution in [0.5, 0.6) is 0 Å². The SMILES string of the molecule is N#Cc1ccc(CSSSC23CC4CC(CC(C4)C2)C3)cc1. The zero-order valence-electron chi connectivity index (χ0n) is 12.7. The molecule has 4 bridgehead atoms. The van der Waals surface area contributed by atoms with E-state index in [1.54, 1.807) is 0 Å². The van der Waals surface area contributed by atoms with E-state index in [9.17, 15) is 0 Å². The normalized spacial score (nSPS) is 35.5. The van der Waals surface area contributed by atoms with E-state index in [1.165, 1.54) is 44.1 Å². The first-order valence-electron chi connectivity index (χ1n) is 8.21. The molecule has 0 saturated heterocycles. The molecule has 0 amide bonds. The number of hydrogen-bond donors (Lipinski definition) is 0.